The van der Waals surface area contributed by atoms with Crippen molar-refractivity contribution in [1.82, 2.24) is 4.90 Å². The van der Waals surface area contributed by atoms with Gasteiger partial charge in [-0.15, -0.1) is 0 Å². The van der Waals surface area contributed by atoms with Gasteiger partial charge in [0.25, 0.3) is 0 Å². The van der Waals surface area contributed by atoms with E-state index in [1.165, 1.54) is 30.5 Å². The molecule has 1 rings (SSSR count). The second-order valence-electron chi connectivity index (χ2n) is 3.69. The zero-order chi connectivity index (χ0) is 8.97. The molecule has 0 spiro atoms. The average molecular weight is 165 g/mol. The quantitative estimate of drug-likeness (QED) is 0.621. The highest BCUT2D eigenvalue weighted by Gasteiger charge is 2.05. The standard InChI is InChI=1S/C11H19N/c1-4-5-6-12-8-10(2)7-11(3)9-12/h7-8H,4-6,9H2,1-3H3. The molecule has 1 aliphatic rings. The van der Waals surface area contributed by atoms with Gasteiger partial charge >= 0.3 is 0 Å². The summed E-state index contributed by atoms with van der Waals surface area (Å²) >= 11 is 0. The molecule has 0 saturated heterocycles. The van der Waals surface area contributed by atoms with Gasteiger partial charge in [-0.25, -0.2) is 0 Å². The lowest BCUT2D eigenvalue weighted by Crippen LogP contribution is -2.23. The van der Waals surface area contributed by atoms with E-state index in [1.807, 2.05) is 0 Å². The molecule has 12 heavy (non-hydrogen) atoms. The summed E-state index contributed by atoms with van der Waals surface area (Å²) in [6, 6.07) is 0. The molecule has 0 aliphatic carbocycles. The van der Waals surface area contributed by atoms with Crippen molar-refractivity contribution in [2.45, 2.75) is 33.6 Å². The maximum atomic E-state index is 2.41. The Bertz CT molecular complexity index is 201. The molecular formula is C11H19N. The fraction of sp³-hybridized carbons (Fsp3) is 0.636. The molecule has 1 heterocycles. The minimum absolute atomic E-state index is 1.12. The van der Waals surface area contributed by atoms with Crippen molar-refractivity contribution >= 4 is 0 Å². The SMILES string of the molecule is CCCCN1C=C(C)C=C(C)C1. The van der Waals surface area contributed by atoms with E-state index < -0.39 is 0 Å². The third-order valence-electron chi connectivity index (χ3n) is 2.11. The molecule has 0 saturated carbocycles. The van der Waals surface area contributed by atoms with Gasteiger partial charge in [0.15, 0.2) is 0 Å². The number of nitrogens with zero attached hydrogens (tertiary/aromatic N) is 1. The monoisotopic (exact) mass is 165 g/mol. The lowest BCUT2D eigenvalue weighted by molar-refractivity contribution is 0.389. The minimum atomic E-state index is 1.12. The van der Waals surface area contributed by atoms with Crippen LogP contribution in [0.25, 0.3) is 0 Å². The Morgan fingerprint density at radius 3 is 2.75 bits per heavy atom. The number of hydrogen-bond acceptors (Lipinski definition) is 1. The van der Waals surface area contributed by atoms with Gasteiger partial charge in [0, 0.05) is 19.3 Å². The molecule has 68 valence electrons. The predicted octanol–water partition coefficient (Wildman–Crippen LogP) is 2.95. The third kappa shape index (κ3) is 2.72. The molecule has 0 unspecified atom stereocenters. The van der Waals surface area contributed by atoms with Crippen molar-refractivity contribution < 1.29 is 0 Å². The molecule has 0 fully saturated rings. The topological polar surface area (TPSA) is 3.24 Å². The van der Waals surface area contributed by atoms with E-state index >= 15 is 0 Å². The van der Waals surface area contributed by atoms with Crippen LogP contribution in [0, 0.1) is 0 Å². The molecule has 0 N–H and O–H groups in total. The Labute approximate surface area is 75.8 Å². The van der Waals surface area contributed by atoms with Gasteiger partial charge in [0.05, 0.1) is 0 Å². The van der Waals surface area contributed by atoms with Crippen LogP contribution >= 0.6 is 0 Å². The number of rotatable bonds is 3. The van der Waals surface area contributed by atoms with E-state index in [0.717, 1.165) is 6.54 Å². The lowest BCUT2D eigenvalue weighted by atomic mass is 10.1. The van der Waals surface area contributed by atoms with Crippen molar-refractivity contribution in [3.8, 4) is 0 Å². The van der Waals surface area contributed by atoms with E-state index in [0.29, 0.717) is 0 Å². The Morgan fingerprint density at radius 2 is 2.17 bits per heavy atom. The first-order valence-electron chi connectivity index (χ1n) is 4.82. The Hall–Kier alpha value is -0.720. The summed E-state index contributed by atoms with van der Waals surface area (Å²) in [4.78, 5) is 2.41. The Morgan fingerprint density at radius 1 is 1.42 bits per heavy atom. The van der Waals surface area contributed by atoms with E-state index in [2.05, 4.69) is 37.9 Å². The summed E-state index contributed by atoms with van der Waals surface area (Å²) in [7, 11) is 0. The summed E-state index contributed by atoms with van der Waals surface area (Å²) in [5.41, 5.74) is 2.86. The first kappa shape index (κ1) is 9.37. The van der Waals surface area contributed by atoms with Gasteiger partial charge < -0.3 is 4.90 Å². The highest BCUT2D eigenvalue weighted by Crippen LogP contribution is 2.12. The van der Waals surface area contributed by atoms with Crippen LogP contribution in [0.1, 0.15) is 33.6 Å². The zero-order valence-corrected chi connectivity index (χ0v) is 8.43. The molecule has 0 aromatic carbocycles. The third-order valence-corrected chi connectivity index (χ3v) is 2.11. The molecule has 0 bridgehead atoms. The molecule has 1 nitrogen and oxygen atoms in total. The molecule has 0 radical (unpaired) electrons. The highest BCUT2D eigenvalue weighted by molar-refractivity contribution is 5.25. The van der Waals surface area contributed by atoms with Crippen molar-refractivity contribution in [2.24, 2.45) is 0 Å². The maximum absolute atomic E-state index is 2.41. The van der Waals surface area contributed by atoms with Crippen molar-refractivity contribution in [3.63, 3.8) is 0 Å². The lowest BCUT2D eigenvalue weighted by Gasteiger charge is -2.24. The molecule has 0 amide bonds. The Kier molecular flexibility index (Phi) is 3.39. The van der Waals surface area contributed by atoms with Crippen molar-refractivity contribution in [2.75, 3.05) is 13.1 Å². The second kappa shape index (κ2) is 4.34. The average Bonchev–Trinajstić information content (AvgIpc) is 1.99. The molecular weight excluding hydrogens is 146 g/mol. The van der Waals surface area contributed by atoms with Crippen LogP contribution in [0.4, 0.5) is 0 Å². The van der Waals surface area contributed by atoms with Gasteiger partial charge in [0.2, 0.25) is 0 Å². The minimum Gasteiger partial charge on any atom is -0.373 e. The normalized spacial score (nSPS) is 17.4. The molecule has 0 atom stereocenters. The van der Waals surface area contributed by atoms with E-state index in [-0.39, 0.29) is 0 Å². The van der Waals surface area contributed by atoms with Crippen LogP contribution in [0.5, 0.6) is 0 Å². The van der Waals surface area contributed by atoms with Gasteiger partial charge in [0.1, 0.15) is 0 Å². The van der Waals surface area contributed by atoms with Crippen LogP contribution in [0.15, 0.2) is 23.4 Å². The fourth-order valence-electron chi connectivity index (χ4n) is 1.63. The maximum Gasteiger partial charge on any atom is 0.0384 e. The van der Waals surface area contributed by atoms with Crippen LogP contribution < -0.4 is 0 Å². The van der Waals surface area contributed by atoms with Gasteiger partial charge in [-0.1, -0.05) is 25.0 Å². The first-order valence-corrected chi connectivity index (χ1v) is 4.82. The van der Waals surface area contributed by atoms with Gasteiger partial charge in [-0.2, -0.15) is 0 Å². The summed E-state index contributed by atoms with van der Waals surface area (Å²) in [6.07, 6.45) is 7.12. The molecule has 1 heteroatoms. The van der Waals surface area contributed by atoms with E-state index in [1.54, 1.807) is 0 Å². The van der Waals surface area contributed by atoms with Gasteiger partial charge in [-0.3, -0.25) is 0 Å². The smallest absolute Gasteiger partial charge is 0.0384 e. The number of hydrogen-bond donors (Lipinski definition) is 0. The van der Waals surface area contributed by atoms with Crippen LogP contribution in [0.3, 0.4) is 0 Å². The first-order chi connectivity index (χ1) is 5.72. The predicted molar refractivity (Wildman–Crippen MR) is 54.0 cm³/mol. The zero-order valence-electron chi connectivity index (χ0n) is 8.43. The summed E-state index contributed by atoms with van der Waals surface area (Å²) in [5.74, 6) is 0. The van der Waals surface area contributed by atoms with Crippen molar-refractivity contribution in [1.29, 1.82) is 0 Å². The highest BCUT2D eigenvalue weighted by atomic mass is 15.1. The summed E-state index contributed by atoms with van der Waals surface area (Å²) in [5, 5.41) is 0. The number of unbranched alkanes of at least 4 members (excludes halogenated alkanes) is 1. The molecule has 0 aromatic rings. The largest absolute Gasteiger partial charge is 0.373 e. The van der Waals surface area contributed by atoms with Crippen LogP contribution in [-0.4, -0.2) is 18.0 Å². The second-order valence-corrected chi connectivity index (χ2v) is 3.69. The number of allylic oxidation sites excluding steroid dienone is 2. The summed E-state index contributed by atoms with van der Waals surface area (Å²) < 4.78 is 0. The summed E-state index contributed by atoms with van der Waals surface area (Å²) in [6.45, 7) is 8.94. The van der Waals surface area contributed by atoms with Crippen LogP contribution in [-0.2, 0) is 0 Å². The van der Waals surface area contributed by atoms with E-state index in [4.69, 9.17) is 0 Å². The molecule has 0 aromatic heterocycles. The van der Waals surface area contributed by atoms with Crippen molar-refractivity contribution in [3.05, 3.63) is 23.4 Å². The van der Waals surface area contributed by atoms with Gasteiger partial charge in [-0.05, 0) is 25.8 Å². The van der Waals surface area contributed by atoms with E-state index in [9.17, 15) is 0 Å². The fourth-order valence-corrected chi connectivity index (χ4v) is 1.63. The van der Waals surface area contributed by atoms with Crippen LogP contribution in [0.2, 0.25) is 0 Å². The Balaban J connectivity index is 2.44. The molecule has 1 aliphatic heterocycles.